The Labute approximate surface area is 185 Å². The molecule has 2 aromatic rings. The molecule has 0 aromatic heterocycles. The highest BCUT2D eigenvalue weighted by Crippen LogP contribution is 2.27. The summed E-state index contributed by atoms with van der Waals surface area (Å²) in [5.74, 6) is 1.81. The van der Waals surface area contributed by atoms with Crippen LogP contribution in [0.15, 0.2) is 53.5 Å². The summed E-state index contributed by atoms with van der Waals surface area (Å²) in [4.78, 5) is 4.77. The first kappa shape index (κ1) is 21.7. The number of hydrogen-bond donors (Lipinski definition) is 2. The van der Waals surface area contributed by atoms with E-state index in [1.807, 2.05) is 12.1 Å². The summed E-state index contributed by atoms with van der Waals surface area (Å²) in [6.45, 7) is 6.48. The van der Waals surface area contributed by atoms with Gasteiger partial charge in [0.15, 0.2) is 5.96 Å². The first-order valence-corrected chi connectivity index (χ1v) is 11.3. The Morgan fingerprint density at radius 3 is 2.74 bits per heavy atom. The van der Waals surface area contributed by atoms with E-state index < -0.39 is 0 Å². The number of rotatable bonds is 8. The van der Waals surface area contributed by atoms with E-state index in [0.717, 1.165) is 57.3 Å². The molecule has 0 spiro atoms. The van der Waals surface area contributed by atoms with E-state index in [0.29, 0.717) is 19.3 Å². The van der Waals surface area contributed by atoms with Gasteiger partial charge in [-0.2, -0.15) is 0 Å². The Morgan fingerprint density at radius 2 is 1.90 bits per heavy atom. The van der Waals surface area contributed by atoms with E-state index >= 15 is 0 Å². The maximum atomic E-state index is 6.06. The van der Waals surface area contributed by atoms with Gasteiger partial charge in [-0.15, -0.1) is 0 Å². The molecule has 1 atom stereocenters. The first-order chi connectivity index (χ1) is 15.3. The Kier molecular flexibility index (Phi) is 7.80. The number of benzene rings is 2. The minimum Gasteiger partial charge on any atom is -0.488 e. The van der Waals surface area contributed by atoms with Gasteiger partial charge in [0, 0.05) is 26.2 Å². The maximum absolute atomic E-state index is 6.06. The van der Waals surface area contributed by atoms with Gasteiger partial charge in [0.05, 0.1) is 25.8 Å². The zero-order chi connectivity index (χ0) is 21.3. The van der Waals surface area contributed by atoms with Crippen LogP contribution < -0.4 is 15.4 Å². The van der Waals surface area contributed by atoms with E-state index in [2.05, 4.69) is 54.0 Å². The number of nitrogens with one attached hydrogen (secondary N) is 2. The van der Waals surface area contributed by atoms with Crippen molar-refractivity contribution in [3.63, 3.8) is 0 Å². The standard InChI is InChI=1S/C25H33N3O3/c1-2-26-25(28-17-23-15-21-8-3-4-9-24(21)31-23)27-16-19-6-5-7-20(14-19)18-30-22-10-12-29-13-11-22/h3-9,14,22-23H,2,10-13,15-18H2,1H3,(H2,26,27,28). The summed E-state index contributed by atoms with van der Waals surface area (Å²) >= 11 is 0. The lowest BCUT2D eigenvalue weighted by molar-refractivity contribution is -0.0390. The zero-order valence-corrected chi connectivity index (χ0v) is 18.3. The van der Waals surface area contributed by atoms with Gasteiger partial charge in [-0.3, -0.25) is 0 Å². The number of guanidine groups is 1. The Balaban J connectivity index is 1.28. The molecule has 0 amide bonds. The summed E-state index contributed by atoms with van der Waals surface area (Å²) in [5.41, 5.74) is 3.64. The second-order valence-corrected chi connectivity index (χ2v) is 8.07. The van der Waals surface area contributed by atoms with E-state index in [-0.39, 0.29) is 6.10 Å². The lowest BCUT2D eigenvalue weighted by Gasteiger charge is -2.22. The van der Waals surface area contributed by atoms with Crippen LogP contribution in [0, 0.1) is 0 Å². The molecule has 2 aliphatic rings. The largest absolute Gasteiger partial charge is 0.488 e. The predicted molar refractivity (Wildman–Crippen MR) is 122 cm³/mol. The number of nitrogens with zero attached hydrogens (tertiary/aromatic N) is 1. The van der Waals surface area contributed by atoms with Gasteiger partial charge < -0.3 is 24.8 Å². The van der Waals surface area contributed by atoms with Gasteiger partial charge in [-0.05, 0) is 42.5 Å². The zero-order valence-electron chi connectivity index (χ0n) is 18.3. The molecule has 31 heavy (non-hydrogen) atoms. The molecule has 0 saturated carbocycles. The third-order valence-corrected chi connectivity index (χ3v) is 5.62. The van der Waals surface area contributed by atoms with Crippen LogP contribution in [0.2, 0.25) is 0 Å². The van der Waals surface area contributed by atoms with Gasteiger partial charge in [-0.25, -0.2) is 4.99 Å². The average Bonchev–Trinajstić information content (AvgIpc) is 3.23. The van der Waals surface area contributed by atoms with Crippen LogP contribution in [0.1, 0.15) is 36.5 Å². The molecule has 4 rings (SSSR count). The highest BCUT2D eigenvalue weighted by Gasteiger charge is 2.22. The number of fused-ring (bicyclic) bond motifs is 1. The van der Waals surface area contributed by atoms with Gasteiger partial charge in [-0.1, -0.05) is 42.5 Å². The first-order valence-electron chi connectivity index (χ1n) is 11.3. The second-order valence-electron chi connectivity index (χ2n) is 8.07. The van der Waals surface area contributed by atoms with Crippen LogP contribution in [-0.4, -0.2) is 44.5 Å². The Bertz CT molecular complexity index is 840. The molecule has 2 N–H and O–H groups in total. The normalized spacial score (nSPS) is 19.0. The molecule has 6 nitrogen and oxygen atoms in total. The smallest absolute Gasteiger partial charge is 0.191 e. The van der Waals surface area contributed by atoms with Crippen molar-refractivity contribution in [1.82, 2.24) is 10.6 Å². The molecule has 2 aliphatic heterocycles. The quantitative estimate of drug-likeness (QED) is 0.503. The molecule has 2 heterocycles. The third kappa shape index (κ3) is 6.45. The minimum atomic E-state index is 0.131. The molecule has 1 fully saturated rings. The molecule has 166 valence electrons. The number of hydrogen-bond acceptors (Lipinski definition) is 4. The summed E-state index contributed by atoms with van der Waals surface area (Å²) in [6, 6.07) is 16.7. The van der Waals surface area contributed by atoms with Crippen molar-refractivity contribution >= 4 is 5.96 Å². The minimum absolute atomic E-state index is 0.131. The maximum Gasteiger partial charge on any atom is 0.191 e. The molecule has 1 saturated heterocycles. The van der Waals surface area contributed by atoms with Gasteiger partial charge >= 0.3 is 0 Å². The summed E-state index contributed by atoms with van der Waals surface area (Å²) in [6.07, 6.45) is 3.34. The van der Waals surface area contributed by atoms with Crippen LogP contribution >= 0.6 is 0 Å². The van der Waals surface area contributed by atoms with Crippen molar-refractivity contribution in [3.8, 4) is 5.75 Å². The number of aliphatic imine (C=N–C) groups is 1. The van der Waals surface area contributed by atoms with Gasteiger partial charge in [0.1, 0.15) is 11.9 Å². The van der Waals surface area contributed by atoms with Crippen LogP contribution in [0.3, 0.4) is 0 Å². The van der Waals surface area contributed by atoms with E-state index in [1.54, 1.807) is 0 Å². The van der Waals surface area contributed by atoms with E-state index in [4.69, 9.17) is 19.2 Å². The van der Waals surface area contributed by atoms with E-state index in [1.165, 1.54) is 16.7 Å². The van der Waals surface area contributed by atoms with Crippen LogP contribution in [0.4, 0.5) is 0 Å². The fourth-order valence-corrected chi connectivity index (χ4v) is 3.96. The second kappa shape index (κ2) is 11.2. The summed E-state index contributed by atoms with van der Waals surface area (Å²) in [5, 5.41) is 6.76. The van der Waals surface area contributed by atoms with Crippen molar-refractivity contribution in [2.75, 3.05) is 26.3 Å². The SMILES string of the molecule is CCNC(=NCc1cccc(COC2CCOCC2)c1)NCC1Cc2ccccc2O1. The van der Waals surface area contributed by atoms with E-state index in [9.17, 15) is 0 Å². The Hall–Kier alpha value is -2.57. The van der Waals surface area contributed by atoms with Crippen molar-refractivity contribution in [2.24, 2.45) is 4.99 Å². The van der Waals surface area contributed by atoms with Crippen LogP contribution in [-0.2, 0) is 29.0 Å². The lowest BCUT2D eigenvalue weighted by atomic mass is 10.1. The molecule has 0 aliphatic carbocycles. The van der Waals surface area contributed by atoms with Gasteiger partial charge in [0.2, 0.25) is 0 Å². The topological polar surface area (TPSA) is 64.1 Å². The molecule has 6 heteroatoms. The third-order valence-electron chi connectivity index (χ3n) is 5.62. The number of para-hydroxylation sites is 1. The van der Waals surface area contributed by atoms with Crippen molar-refractivity contribution < 1.29 is 14.2 Å². The molecular formula is C25H33N3O3. The fraction of sp³-hybridized carbons (Fsp3) is 0.480. The van der Waals surface area contributed by atoms with Crippen molar-refractivity contribution in [1.29, 1.82) is 0 Å². The predicted octanol–water partition coefficient (Wildman–Crippen LogP) is 3.44. The molecule has 1 unspecified atom stereocenters. The molecule has 0 radical (unpaired) electrons. The molecular weight excluding hydrogens is 390 g/mol. The van der Waals surface area contributed by atoms with Crippen molar-refractivity contribution in [2.45, 2.75) is 51.5 Å². The van der Waals surface area contributed by atoms with Crippen LogP contribution in [0.5, 0.6) is 5.75 Å². The molecule has 0 bridgehead atoms. The van der Waals surface area contributed by atoms with Crippen molar-refractivity contribution in [3.05, 3.63) is 65.2 Å². The average molecular weight is 424 g/mol. The summed E-state index contributed by atoms with van der Waals surface area (Å²) < 4.78 is 17.5. The van der Waals surface area contributed by atoms with Crippen LogP contribution in [0.25, 0.3) is 0 Å². The summed E-state index contributed by atoms with van der Waals surface area (Å²) in [7, 11) is 0. The molecule has 2 aromatic carbocycles. The fourth-order valence-electron chi connectivity index (χ4n) is 3.96. The van der Waals surface area contributed by atoms with Gasteiger partial charge in [0.25, 0.3) is 0 Å². The number of ether oxygens (including phenoxy) is 3. The highest BCUT2D eigenvalue weighted by molar-refractivity contribution is 5.79. The lowest BCUT2D eigenvalue weighted by Crippen LogP contribution is -2.42. The highest BCUT2D eigenvalue weighted by atomic mass is 16.5. The monoisotopic (exact) mass is 423 g/mol. The Morgan fingerprint density at radius 1 is 1.06 bits per heavy atom.